The molecule has 0 unspecified atom stereocenters. The van der Waals surface area contributed by atoms with E-state index in [1.54, 1.807) is 18.2 Å². The van der Waals surface area contributed by atoms with Crippen LogP contribution in [0.25, 0.3) is 17.1 Å². The van der Waals surface area contributed by atoms with E-state index in [2.05, 4.69) is 20.1 Å². The van der Waals surface area contributed by atoms with Crippen molar-refractivity contribution in [3.8, 4) is 17.1 Å². The summed E-state index contributed by atoms with van der Waals surface area (Å²) in [5.41, 5.74) is 7.86. The molecule has 4 rings (SSSR count). The van der Waals surface area contributed by atoms with Gasteiger partial charge in [0.15, 0.2) is 11.6 Å². The van der Waals surface area contributed by atoms with Crippen LogP contribution < -0.4 is 5.73 Å². The van der Waals surface area contributed by atoms with Crippen molar-refractivity contribution in [3.63, 3.8) is 0 Å². The van der Waals surface area contributed by atoms with Crippen molar-refractivity contribution in [3.05, 3.63) is 42.6 Å². The Hall–Kier alpha value is -2.89. The highest BCUT2D eigenvalue weighted by Crippen LogP contribution is 2.30. The molecule has 11 heteroatoms. The van der Waals surface area contributed by atoms with Crippen molar-refractivity contribution in [2.24, 2.45) is 5.92 Å². The zero-order valence-corrected chi connectivity index (χ0v) is 15.9. The molecule has 1 aliphatic rings. The van der Waals surface area contributed by atoms with E-state index in [9.17, 15) is 8.42 Å². The van der Waals surface area contributed by atoms with Crippen LogP contribution in [0.1, 0.15) is 5.56 Å². The summed E-state index contributed by atoms with van der Waals surface area (Å²) >= 11 is 0. The van der Waals surface area contributed by atoms with E-state index in [1.165, 1.54) is 27.8 Å². The summed E-state index contributed by atoms with van der Waals surface area (Å²) < 4.78 is 28.4. The normalized spacial score (nSPS) is 15.5. The largest absolute Gasteiger partial charge is 0.396 e. The number of aliphatic hydroxyl groups is 1. The highest BCUT2D eigenvalue weighted by molar-refractivity contribution is 7.89. The summed E-state index contributed by atoms with van der Waals surface area (Å²) in [6.07, 6.45) is 4.32. The quantitative estimate of drug-likeness (QED) is 0.619. The number of aryl methyl sites for hydroxylation is 1. The van der Waals surface area contributed by atoms with E-state index in [0.29, 0.717) is 30.2 Å². The molecule has 3 N–H and O–H groups in total. The predicted octanol–water partition coefficient (Wildman–Crippen LogP) is 0.228. The zero-order chi connectivity index (χ0) is 19.9. The summed E-state index contributed by atoms with van der Waals surface area (Å²) in [6.45, 7) is 2.49. The van der Waals surface area contributed by atoms with Crippen LogP contribution in [0.4, 0.5) is 5.82 Å². The van der Waals surface area contributed by atoms with Crippen LogP contribution in [-0.4, -0.2) is 62.3 Å². The number of benzene rings is 1. The lowest BCUT2D eigenvalue weighted by Gasteiger charge is -2.37. The molecular weight excluding hydrogens is 382 g/mol. The molecule has 0 spiro atoms. The zero-order valence-electron chi connectivity index (χ0n) is 15.1. The van der Waals surface area contributed by atoms with Crippen molar-refractivity contribution in [1.29, 1.82) is 0 Å². The summed E-state index contributed by atoms with van der Waals surface area (Å²) in [5.74, 6) is 0.496. The third-order valence-corrected chi connectivity index (χ3v) is 6.55. The van der Waals surface area contributed by atoms with Crippen LogP contribution in [-0.2, 0) is 10.0 Å². The van der Waals surface area contributed by atoms with Gasteiger partial charge < -0.3 is 10.8 Å². The van der Waals surface area contributed by atoms with E-state index < -0.39 is 10.0 Å². The van der Waals surface area contributed by atoms with Crippen molar-refractivity contribution >= 4 is 15.8 Å². The molecule has 0 atom stereocenters. The first-order valence-electron chi connectivity index (χ1n) is 8.59. The Bertz CT molecular complexity index is 1110. The van der Waals surface area contributed by atoms with Gasteiger partial charge in [-0.15, -0.1) is 0 Å². The number of rotatable bonds is 5. The Morgan fingerprint density at radius 3 is 2.79 bits per heavy atom. The first-order chi connectivity index (χ1) is 13.4. The first-order valence-corrected chi connectivity index (χ1v) is 10.0. The lowest BCUT2D eigenvalue weighted by molar-refractivity contribution is 0.117. The van der Waals surface area contributed by atoms with Crippen molar-refractivity contribution < 1.29 is 13.5 Å². The van der Waals surface area contributed by atoms with Crippen LogP contribution in [0, 0.1) is 12.8 Å². The smallest absolute Gasteiger partial charge is 0.243 e. The third kappa shape index (κ3) is 3.13. The van der Waals surface area contributed by atoms with Crippen molar-refractivity contribution in [1.82, 2.24) is 29.0 Å². The second kappa shape index (κ2) is 6.93. The minimum Gasteiger partial charge on any atom is -0.396 e. The number of sulfonamides is 1. The molecular formula is C17H19N7O3S. The SMILES string of the molecule is Cc1ccc(S(=O)(=O)N2CC(CO)C2)cc1-c1cnc(N)c(-n2cncn2)n1. The van der Waals surface area contributed by atoms with Gasteiger partial charge in [-0.2, -0.15) is 14.1 Å². The lowest BCUT2D eigenvalue weighted by atomic mass is 10.1. The summed E-state index contributed by atoms with van der Waals surface area (Å²) in [4.78, 5) is 12.7. The maximum absolute atomic E-state index is 12.8. The molecule has 0 radical (unpaired) electrons. The molecule has 2 aromatic heterocycles. The Labute approximate surface area is 161 Å². The molecule has 3 heterocycles. The van der Waals surface area contributed by atoms with Gasteiger partial charge in [-0.25, -0.2) is 23.4 Å². The number of nitrogens with two attached hydrogens (primary N) is 1. The van der Waals surface area contributed by atoms with E-state index >= 15 is 0 Å². The summed E-state index contributed by atoms with van der Waals surface area (Å²) in [5, 5.41) is 13.2. The molecule has 1 saturated heterocycles. The van der Waals surface area contributed by atoms with Gasteiger partial charge in [-0.3, -0.25) is 0 Å². The fraction of sp³-hybridized carbons (Fsp3) is 0.294. The molecule has 1 aromatic carbocycles. The molecule has 146 valence electrons. The summed E-state index contributed by atoms with van der Waals surface area (Å²) in [7, 11) is -3.63. The second-order valence-corrected chi connectivity index (χ2v) is 8.59. The van der Waals surface area contributed by atoms with Gasteiger partial charge in [0.05, 0.1) is 16.8 Å². The molecule has 0 bridgehead atoms. The Kier molecular flexibility index (Phi) is 4.57. The van der Waals surface area contributed by atoms with Crippen LogP contribution in [0.15, 0.2) is 41.9 Å². The number of aliphatic hydroxyl groups excluding tert-OH is 1. The average Bonchev–Trinajstić information content (AvgIpc) is 3.16. The minimum atomic E-state index is -3.63. The van der Waals surface area contributed by atoms with Gasteiger partial charge in [-0.05, 0) is 24.6 Å². The van der Waals surface area contributed by atoms with Gasteiger partial charge in [0, 0.05) is 31.2 Å². The number of nitrogen functional groups attached to an aromatic ring is 1. The Morgan fingerprint density at radius 2 is 2.11 bits per heavy atom. The minimum absolute atomic E-state index is 0.00658. The van der Waals surface area contributed by atoms with Crippen LogP contribution in [0.2, 0.25) is 0 Å². The van der Waals surface area contributed by atoms with Gasteiger partial charge in [0.25, 0.3) is 0 Å². The molecule has 0 saturated carbocycles. The third-order valence-electron chi connectivity index (χ3n) is 4.72. The van der Waals surface area contributed by atoms with Gasteiger partial charge in [0.2, 0.25) is 10.0 Å². The molecule has 0 aliphatic carbocycles. The lowest BCUT2D eigenvalue weighted by Crippen LogP contribution is -2.51. The number of hydrogen-bond donors (Lipinski definition) is 2. The molecule has 1 aliphatic heterocycles. The van der Waals surface area contributed by atoms with Crippen molar-refractivity contribution in [2.45, 2.75) is 11.8 Å². The molecule has 28 heavy (non-hydrogen) atoms. The number of aromatic nitrogens is 5. The van der Waals surface area contributed by atoms with E-state index in [1.807, 2.05) is 6.92 Å². The standard InChI is InChI=1S/C17H19N7O3S/c1-11-2-3-13(28(26,27)23-6-12(7-23)8-25)4-14(11)15-5-20-16(18)17(22-15)24-10-19-9-21-24/h2-5,9-10,12,25H,6-8H2,1H3,(H2,18,20). The maximum Gasteiger partial charge on any atom is 0.243 e. The number of nitrogens with zero attached hydrogens (tertiary/aromatic N) is 6. The van der Waals surface area contributed by atoms with E-state index in [0.717, 1.165) is 5.56 Å². The monoisotopic (exact) mass is 401 g/mol. The van der Waals surface area contributed by atoms with Gasteiger partial charge >= 0.3 is 0 Å². The predicted molar refractivity (Wildman–Crippen MR) is 101 cm³/mol. The summed E-state index contributed by atoms with van der Waals surface area (Å²) in [6, 6.07) is 4.89. The fourth-order valence-electron chi connectivity index (χ4n) is 3.03. The van der Waals surface area contributed by atoms with Crippen LogP contribution in [0.3, 0.4) is 0 Å². The molecule has 0 amide bonds. The molecule has 1 fully saturated rings. The highest BCUT2D eigenvalue weighted by atomic mass is 32.2. The first kappa shape index (κ1) is 18.5. The van der Waals surface area contributed by atoms with Crippen LogP contribution in [0.5, 0.6) is 0 Å². The van der Waals surface area contributed by atoms with E-state index in [4.69, 9.17) is 10.8 Å². The van der Waals surface area contributed by atoms with Crippen molar-refractivity contribution in [2.75, 3.05) is 25.4 Å². The molecule has 3 aromatic rings. The van der Waals surface area contributed by atoms with Crippen LogP contribution >= 0.6 is 0 Å². The number of hydrogen-bond acceptors (Lipinski definition) is 8. The molecule has 10 nitrogen and oxygen atoms in total. The van der Waals surface area contributed by atoms with Gasteiger partial charge in [-0.1, -0.05) is 6.07 Å². The highest BCUT2D eigenvalue weighted by Gasteiger charge is 2.36. The topological polar surface area (TPSA) is 140 Å². The second-order valence-electron chi connectivity index (χ2n) is 6.65. The van der Waals surface area contributed by atoms with Gasteiger partial charge in [0.1, 0.15) is 12.7 Å². The van der Waals surface area contributed by atoms with E-state index in [-0.39, 0.29) is 23.2 Å². The average molecular weight is 401 g/mol. The Balaban J connectivity index is 1.74. The maximum atomic E-state index is 12.8. The Morgan fingerprint density at radius 1 is 1.32 bits per heavy atom. The number of anilines is 1. The fourth-order valence-corrected chi connectivity index (χ4v) is 4.64.